The number of halogens is 3. The van der Waals surface area contributed by atoms with Gasteiger partial charge >= 0.3 is 18.1 Å². The van der Waals surface area contributed by atoms with Crippen LogP contribution in [0.15, 0.2) is 0 Å². The number of hydrogen-bond acceptors (Lipinski definition) is 5. The lowest BCUT2D eigenvalue weighted by Crippen LogP contribution is -2.52. The number of rotatable bonds is 6. The van der Waals surface area contributed by atoms with Gasteiger partial charge in [-0.15, -0.1) is 0 Å². The Labute approximate surface area is 102 Å². The highest BCUT2D eigenvalue weighted by molar-refractivity contribution is 5.79. The van der Waals surface area contributed by atoms with Crippen molar-refractivity contribution < 1.29 is 32.2 Å². The summed E-state index contributed by atoms with van der Waals surface area (Å²) in [6, 6.07) is -2.60. The number of alkyl halides is 3. The molecule has 0 spiro atoms. The maximum atomic E-state index is 12.4. The third-order valence-corrected chi connectivity index (χ3v) is 1.97. The molecule has 0 heterocycles. The largest absolute Gasteiger partial charge is 0.463 e. The van der Waals surface area contributed by atoms with Gasteiger partial charge in [0.05, 0.1) is 6.61 Å². The molecule has 0 saturated heterocycles. The summed E-state index contributed by atoms with van der Waals surface area (Å²) in [6.45, 7) is 2.66. The zero-order valence-corrected chi connectivity index (χ0v) is 10.1. The van der Waals surface area contributed by atoms with Gasteiger partial charge in [-0.05, 0) is 6.42 Å². The van der Waals surface area contributed by atoms with Crippen LogP contribution in [0.25, 0.3) is 0 Å². The SMILES string of the molecule is CCCCOC(=O)[C@@H](OC(C)=O)[C@H](N)C(F)(F)F. The van der Waals surface area contributed by atoms with E-state index in [2.05, 4.69) is 9.47 Å². The van der Waals surface area contributed by atoms with Crippen molar-refractivity contribution in [2.24, 2.45) is 5.73 Å². The first-order valence-electron chi connectivity index (χ1n) is 5.36. The summed E-state index contributed by atoms with van der Waals surface area (Å²) < 4.78 is 46.0. The van der Waals surface area contributed by atoms with Crippen LogP contribution in [0.1, 0.15) is 26.7 Å². The highest BCUT2D eigenvalue weighted by atomic mass is 19.4. The first-order chi connectivity index (χ1) is 8.20. The molecule has 106 valence electrons. The van der Waals surface area contributed by atoms with Crippen molar-refractivity contribution >= 4 is 11.9 Å². The lowest BCUT2D eigenvalue weighted by atomic mass is 10.1. The van der Waals surface area contributed by atoms with Crippen LogP contribution >= 0.6 is 0 Å². The molecule has 5 nitrogen and oxygen atoms in total. The van der Waals surface area contributed by atoms with E-state index in [9.17, 15) is 22.8 Å². The van der Waals surface area contributed by atoms with Gasteiger partial charge in [0.1, 0.15) is 6.04 Å². The summed E-state index contributed by atoms with van der Waals surface area (Å²) in [7, 11) is 0. The van der Waals surface area contributed by atoms with Gasteiger partial charge in [0.2, 0.25) is 6.10 Å². The Morgan fingerprint density at radius 2 is 1.89 bits per heavy atom. The molecule has 0 saturated carbocycles. The van der Waals surface area contributed by atoms with Crippen LogP contribution in [0.4, 0.5) is 13.2 Å². The summed E-state index contributed by atoms with van der Waals surface area (Å²) in [4.78, 5) is 22.0. The number of ether oxygens (including phenoxy) is 2. The van der Waals surface area contributed by atoms with Crippen molar-refractivity contribution in [2.45, 2.75) is 45.0 Å². The first-order valence-corrected chi connectivity index (χ1v) is 5.36. The fraction of sp³-hybridized carbons (Fsp3) is 0.800. The minimum atomic E-state index is -4.86. The molecule has 0 fully saturated rings. The van der Waals surface area contributed by atoms with Crippen LogP contribution in [0.3, 0.4) is 0 Å². The first kappa shape index (κ1) is 16.7. The molecule has 0 unspecified atom stereocenters. The quantitative estimate of drug-likeness (QED) is 0.579. The number of unbranched alkanes of at least 4 members (excludes halogenated alkanes) is 1. The van der Waals surface area contributed by atoms with Gasteiger partial charge in [0.15, 0.2) is 0 Å². The predicted octanol–water partition coefficient (Wildman–Crippen LogP) is 1.15. The van der Waals surface area contributed by atoms with E-state index in [0.717, 1.165) is 6.92 Å². The van der Waals surface area contributed by atoms with Crippen LogP contribution in [0, 0.1) is 0 Å². The second-order valence-corrected chi connectivity index (χ2v) is 3.62. The monoisotopic (exact) mass is 271 g/mol. The highest BCUT2D eigenvalue weighted by Crippen LogP contribution is 2.23. The average Bonchev–Trinajstić information content (AvgIpc) is 2.23. The number of esters is 2. The van der Waals surface area contributed by atoms with E-state index in [1.165, 1.54) is 0 Å². The zero-order chi connectivity index (χ0) is 14.3. The zero-order valence-electron chi connectivity index (χ0n) is 10.1. The van der Waals surface area contributed by atoms with Crippen LogP contribution < -0.4 is 5.73 Å². The lowest BCUT2D eigenvalue weighted by molar-refractivity contribution is -0.195. The van der Waals surface area contributed by atoms with Crippen molar-refractivity contribution in [1.82, 2.24) is 0 Å². The molecule has 0 radical (unpaired) electrons. The van der Waals surface area contributed by atoms with Crippen molar-refractivity contribution in [1.29, 1.82) is 0 Å². The molecule has 2 N–H and O–H groups in total. The van der Waals surface area contributed by atoms with Gasteiger partial charge in [-0.2, -0.15) is 13.2 Å². The molecule has 0 rings (SSSR count). The highest BCUT2D eigenvalue weighted by Gasteiger charge is 2.47. The number of carbonyl (C=O) groups excluding carboxylic acids is 2. The summed E-state index contributed by atoms with van der Waals surface area (Å²) >= 11 is 0. The molecule has 2 atom stereocenters. The molecule has 18 heavy (non-hydrogen) atoms. The second kappa shape index (κ2) is 7.20. The molecule has 0 aromatic rings. The van der Waals surface area contributed by atoms with Gasteiger partial charge in [-0.3, -0.25) is 4.79 Å². The van der Waals surface area contributed by atoms with Crippen LogP contribution in [-0.2, 0) is 19.1 Å². The molecular weight excluding hydrogens is 255 g/mol. The Morgan fingerprint density at radius 1 is 1.33 bits per heavy atom. The summed E-state index contributed by atoms with van der Waals surface area (Å²) in [5, 5.41) is 0. The van der Waals surface area contributed by atoms with Gasteiger partial charge in [0.25, 0.3) is 0 Å². The van der Waals surface area contributed by atoms with E-state index in [0.29, 0.717) is 12.8 Å². The van der Waals surface area contributed by atoms with Gasteiger partial charge in [-0.1, -0.05) is 13.3 Å². The molecule has 0 aliphatic rings. The van der Waals surface area contributed by atoms with E-state index in [-0.39, 0.29) is 6.61 Å². The third-order valence-electron chi connectivity index (χ3n) is 1.97. The van der Waals surface area contributed by atoms with Crippen molar-refractivity contribution in [3.63, 3.8) is 0 Å². The minimum Gasteiger partial charge on any atom is -0.463 e. The van der Waals surface area contributed by atoms with E-state index in [1.807, 2.05) is 6.92 Å². The molecule has 0 aromatic heterocycles. The topological polar surface area (TPSA) is 78.6 Å². The number of nitrogens with two attached hydrogens (primary N) is 1. The van der Waals surface area contributed by atoms with E-state index < -0.39 is 30.3 Å². The van der Waals surface area contributed by atoms with E-state index in [1.54, 1.807) is 0 Å². The summed E-state index contributed by atoms with van der Waals surface area (Å²) in [5.74, 6) is -2.32. The molecule has 0 bridgehead atoms. The smallest absolute Gasteiger partial charge is 0.407 e. The maximum Gasteiger partial charge on any atom is 0.407 e. The molecule has 8 heteroatoms. The normalized spacial score (nSPS) is 14.8. The van der Waals surface area contributed by atoms with E-state index >= 15 is 0 Å². The van der Waals surface area contributed by atoms with Gasteiger partial charge in [0, 0.05) is 6.92 Å². The number of hydrogen-bond donors (Lipinski definition) is 1. The minimum absolute atomic E-state index is 0.0440. The Morgan fingerprint density at radius 3 is 2.28 bits per heavy atom. The third kappa shape index (κ3) is 5.85. The van der Waals surface area contributed by atoms with Gasteiger partial charge < -0.3 is 15.2 Å². The Kier molecular flexibility index (Phi) is 6.67. The molecule has 0 aliphatic heterocycles. The van der Waals surface area contributed by atoms with Crippen LogP contribution in [0.2, 0.25) is 0 Å². The van der Waals surface area contributed by atoms with E-state index in [4.69, 9.17) is 5.73 Å². The summed E-state index contributed by atoms with van der Waals surface area (Å²) in [5.41, 5.74) is 4.85. The Bertz CT molecular complexity index is 293. The fourth-order valence-electron chi connectivity index (χ4n) is 1.02. The Hall–Kier alpha value is -1.31. The molecule has 0 amide bonds. The lowest BCUT2D eigenvalue weighted by Gasteiger charge is -2.23. The van der Waals surface area contributed by atoms with Crippen molar-refractivity contribution in [2.75, 3.05) is 6.61 Å². The number of carbonyl (C=O) groups is 2. The standard InChI is InChI=1S/C10H16F3NO4/c1-3-4-5-17-9(16)7(18-6(2)15)8(14)10(11,12)13/h7-8H,3-5,14H2,1-2H3/t7-,8-/m0/s1. The molecule has 0 aliphatic carbocycles. The van der Waals surface area contributed by atoms with Crippen LogP contribution in [0.5, 0.6) is 0 Å². The van der Waals surface area contributed by atoms with Gasteiger partial charge in [-0.25, -0.2) is 4.79 Å². The maximum absolute atomic E-state index is 12.4. The molecular formula is C10H16F3NO4. The summed E-state index contributed by atoms with van der Waals surface area (Å²) in [6.07, 6.45) is -5.82. The predicted molar refractivity (Wildman–Crippen MR) is 55.5 cm³/mol. The van der Waals surface area contributed by atoms with Crippen molar-refractivity contribution in [3.8, 4) is 0 Å². The fourth-order valence-corrected chi connectivity index (χ4v) is 1.02. The Balaban J connectivity index is 4.67. The second-order valence-electron chi connectivity index (χ2n) is 3.62. The molecule has 0 aromatic carbocycles. The van der Waals surface area contributed by atoms with Crippen molar-refractivity contribution in [3.05, 3.63) is 0 Å². The van der Waals surface area contributed by atoms with Crippen LogP contribution in [-0.4, -0.2) is 36.9 Å². The average molecular weight is 271 g/mol.